The van der Waals surface area contributed by atoms with Gasteiger partial charge in [0.15, 0.2) is 5.58 Å². The maximum absolute atomic E-state index is 13.7. The fourth-order valence-corrected chi connectivity index (χ4v) is 4.28. The molecule has 0 aliphatic heterocycles. The van der Waals surface area contributed by atoms with Gasteiger partial charge in [-0.3, -0.25) is 0 Å². The second kappa shape index (κ2) is 11.6. The molecule has 0 saturated carbocycles. The lowest BCUT2D eigenvalue weighted by Crippen LogP contribution is -2.45. The normalized spacial score (nSPS) is 13.0. The molecule has 0 spiro atoms. The molecule has 1 aromatic heterocycles. The van der Waals surface area contributed by atoms with Crippen LogP contribution in [0.5, 0.6) is 0 Å². The van der Waals surface area contributed by atoms with Crippen LogP contribution in [0.3, 0.4) is 0 Å². The van der Waals surface area contributed by atoms with E-state index in [1.54, 1.807) is 24.3 Å². The highest BCUT2D eigenvalue weighted by molar-refractivity contribution is 6.34. The van der Waals surface area contributed by atoms with Crippen molar-refractivity contribution in [3.63, 3.8) is 0 Å². The summed E-state index contributed by atoms with van der Waals surface area (Å²) in [6, 6.07) is 17.4. The van der Waals surface area contributed by atoms with Crippen LogP contribution in [-0.4, -0.2) is 24.7 Å². The van der Waals surface area contributed by atoms with Crippen molar-refractivity contribution in [1.29, 1.82) is 0 Å². The molecule has 8 heteroatoms. The summed E-state index contributed by atoms with van der Waals surface area (Å²) in [6.45, 7) is 2.84. The molecule has 0 radical (unpaired) electrons. The number of hydrogen-bond donors (Lipinski definition) is 2. The number of aryl methyl sites for hydroxylation is 1. The maximum atomic E-state index is 13.7. The number of hydrogen-bond acceptors (Lipinski definition) is 5. The van der Waals surface area contributed by atoms with Crippen LogP contribution in [0.15, 0.2) is 71.1 Å². The molecule has 3 aromatic carbocycles. The summed E-state index contributed by atoms with van der Waals surface area (Å²) < 4.78 is 38.7. The smallest absolute Gasteiger partial charge is 0.374 e. The van der Waals surface area contributed by atoms with Gasteiger partial charge in [0.1, 0.15) is 17.7 Å². The van der Waals surface area contributed by atoms with Crippen molar-refractivity contribution >= 4 is 28.5 Å². The zero-order valence-corrected chi connectivity index (χ0v) is 20.5. The Morgan fingerprint density at radius 1 is 1.03 bits per heavy atom. The number of para-hydroxylation sites is 1. The first kappa shape index (κ1) is 25.8. The zero-order valence-electron chi connectivity index (χ0n) is 19.8. The molecule has 0 aliphatic carbocycles. The highest BCUT2D eigenvalue weighted by Crippen LogP contribution is 2.27. The van der Waals surface area contributed by atoms with Crippen molar-refractivity contribution in [2.75, 3.05) is 6.54 Å². The molecular formula is C28H27ClF2N2O3. The number of fused-ring (bicyclic) bond motifs is 1. The predicted molar refractivity (Wildman–Crippen MR) is 136 cm³/mol. The van der Waals surface area contributed by atoms with Gasteiger partial charge < -0.3 is 20.2 Å². The quantitative estimate of drug-likeness (QED) is 0.262. The monoisotopic (exact) mass is 512 g/mol. The van der Waals surface area contributed by atoms with Gasteiger partial charge in [0.05, 0.1) is 5.02 Å². The number of benzene rings is 3. The molecule has 1 heterocycles. The maximum Gasteiger partial charge on any atom is 0.374 e. The Kier molecular flexibility index (Phi) is 8.36. The topological polar surface area (TPSA) is 77.5 Å². The molecule has 0 amide bonds. The first-order valence-electron chi connectivity index (χ1n) is 11.7. The number of furan rings is 1. The third kappa shape index (κ3) is 6.49. The van der Waals surface area contributed by atoms with E-state index in [1.807, 2.05) is 12.1 Å². The van der Waals surface area contributed by atoms with E-state index < -0.39 is 29.7 Å². The number of nitrogens with two attached hydrogens (primary N) is 1. The van der Waals surface area contributed by atoms with Crippen molar-refractivity contribution in [1.82, 2.24) is 5.32 Å². The Morgan fingerprint density at radius 2 is 1.75 bits per heavy atom. The van der Waals surface area contributed by atoms with Crippen LogP contribution in [0.1, 0.15) is 34.2 Å². The van der Waals surface area contributed by atoms with Gasteiger partial charge in [-0.2, -0.15) is 0 Å². The van der Waals surface area contributed by atoms with Crippen LogP contribution in [0.4, 0.5) is 8.78 Å². The van der Waals surface area contributed by atoms with E-state index in [0.717, 1.165) is 18.1 Å². The summed E-state index contributed by atoms with van der Waals surface area (Å²) in [4.78, 5) is 13.0. The highest BCUT2D eigenvalue weighted by Gasteiger charge is 2.25. The summed E-state index contributed by atoms with van der Waals surface area (Å²) in [7, 11) is 0. The minimum Gasteiger partial charge on any atom is -0.453 e. The molecule has 188 valence electrons. The van der Waals surface area contributed by atoms with Gasteiger partial charge in [0.2, 0.25) is 5.76 Å². The number of esters is 1. The molecule has 2 atom stereocenters. The number of halogens is 3. The van der Waals surface area contributed by atoms with E-state index in [0.29, 0.717) is 28.1 Å². The fraction of sp³-hybridized carbons (Fsp3) is 0.250. The minimum atomic E-state index is -0.804. The Bertz CT molecular complexity index is 1340. The highest BCUT2D eigenvalue weighted by atomic mass is 35.5. The average molecular weight is 513 g/mol. The first-order valence-corrected chi connectivity index (χ1v) is 12.1. The molecule has 36 heavy (non-hydrogen) atoms. The number of carbonyl (C=O) groups is 1. The predicted octanol–water partition coefficient (Wildman–Crippen LogP) is 5.81. The average Bonchev–Trinajstić information content (AvgIpc) is 3.29. The zero-order chi connectivity index (χ0) is 25.7. The van der Waals surface area contributed by atoms with E-state index in [9.17, 15) is 13.6 Å². The molecule has 0 bridgehead atoms. The molecule has 5 nitrogen and oxygen atoms in total. The lowest BCUT2D eigenvalue weighted by molar-refractivity contribution is 0.0206. The Labute approximate surface area is 213 Å². The van der Waals surface area contributed by atoms with Gasteiger partial charge in [0.25, 0.3) is 0 Å². The van der Waals surface area contributed by atoms with E-state index in [4.69, 9.17) is 26.5 Å². The number of nitrogens with one attached hydrogen (secondary N) is 1. The lowest BCUT2D eigenvalue weighted by atomic mass is 10.0. The Hall–Kier alpha value is -3.26. The van der Waals surface area contributed by atoms with Gasteiger partial charge in [-0.15, -0.1) is 0 Å². The second-order valence-corrected chi connectivity index (χ2v) is 9.07. The summed E-state index contributed by atoms with van der Waals surface area (Å²) >= 11 is 6.16. The third-order valence-electron chi connectivity index (χ3n) is 5.90. The molecule has 4 rings (SSSR count). The van der Waals surface area contributed by atoms with Gasteiger partial charge >= 0.3 is 5.97 Å². The molecule has 0 fully saturated rings. The SMILES string of the molecule is CCc1cccc(CNC[C@@H](OC(=O)c2cc3cccc(Cl)c3o2)[C@@H](N)Cc2cc(F)cc(F)c2)c1. The molecule has 3 N–H and O–H groups in total. The third-order valence-corrected chi connectivity index (χ3v) is 6.20. The van der Waals surface area contributed by atoms with Gasteiger partial charge in [-0.05, 0) is 53.8 Å². The van der Waals surface area contributed by atoms with Crippen molar-refractivity contribution in [3.05, 3.63) is 106 Å². The van der Waals surface area contributed by atoms with Crippen LogP contribution >= 0.6 is 11.6 Å². The standard InChI is InChI=1S/C28H27ClF2N2O3/c1-2-17-5-3-6-18(9-17)15-33-16-26(24(32)12-19-10-21(30)14-22(31)11-19)36-28(34)25-13-20-7-4-8-23(29)27(20)35-25/h3-11,13-14,24,26,33H,2,12,15-16,32H2,1H3/t24-,26+/m0/s1. The van der Waals surface area contributed by atoms with E-state index in [1.165, 1.54) is 17.7 Å². The van der Waals surface area contributed by atoms with Gasteiger partial charge in [-0.1, -0.05) is 54.9 Å². The molecule has 4 aromatic rings. The van der Waals surface area contributed by atoms with Crippen LogP contribution in [0.2, 0.25) is 5.02 Å². The fourth-order valence-electron chi connectivity index (χ4n) is 4.05. The molecular weight excluding hydrogens is 486 g/mol. The Balaban J connectivity index is 1.50. The van der Waals surface area contributed by atoms with E-state index >= 15 is 0 Å². The lowest BCUT2D eigenvalue weighted by Gasteiger charge is -2.24. The van der Waals surface area contributed by atoms with Crippen LogP contribution in [0, 0.1) is 11.6 Å². The summed E-state index contributed by atoms with van der Waals surface area (Å²) in [6.07, 6.45) is 0.220. The van der Waals surface area contributed by atoms with Crippen molar-refractivity contribution < 1.29 is 22.7 Å². The van der Waals surface area contributed by atoms with Crippen LogP contribution in [-0.2, 0) is 24.1 Å². The minimum absolute atomic E-state index is 0.0113. The first-order chi connectivity index (χ1) is 17.3. The van der Waals surface area contributed by atoms with Crippen LogP contribution < -0.4 is 11.1 Å². The molecule has 0 aliphatic rings. The van der Waals surface area contributed by atoms with Crippen molar-refractivity contribution in [2.24, 2.45) is 5.73 Å². The van der Waals surface area contributed by atoms with Crippen molar-refractivity contribution in [2.45, 2.75) is 38.5 Å². The number of rotatable bonds is 10. The van der Waals surface area contributed by atoms with Crippen molar-refractivity contribution in [3.8, 4) is 0 Å². The van der Waals surface area contributed by atoms with E-state index in [-0.39, 0.29) is 18.7 Å². The molecule has 0 unspecified atom stereocenters. The number of carbonyl (C=O) groups excluding carboxylic acids is 1. The number of ether oxygens (including phenoxy) is 1. The summed E-state index contributed by atoms with van der Waals surface area (Å²) in [5.41, 5.74) is 9.43. The van der Waals surface area contributed by atoms with Gasteiger partial charge in [-0.25, -0.2) is 13.6 Å². The van der Waals surface area contributed by atoms with Gasteiger partial charge in [0, 0.05) is 30.6 Å². The van der Waals surface area contributed by atoms with Crippen LogP contribution in [0.25, 0.3) is 11.0 Å². The van der Waals surface area contributed by atoms with E-state index in [2.05, 4.69) is 24.4 Å². The summed E-state index contributed by atoms with van der Waals surface area (Å²) in [5.74, 6) is -2.11. The second-order valence-electron chi connectivity index (χ2n) is 8.66. The summed E-state index contributed by atoms with van der Waals surface area (Å²) in [5, 5.41) is 4.32. The Morgan fingerprint density at radius 3 is 2.47 bits per heavy atom. The largest absolute Gasteiger partial charge is 0.453 e. The molecule has 0 saturated heterocycles.